The largest absolute Gasteiger partial charge is 0.465 e. The summed E-state index contributed by atoms with van der Waals surface area (Å²) in [7, 11) is 0. The molecular weight excluding hydrogens is 334 g/mol. The number of rotatable bonds is 4. The highest BCUT2D eigenvalue weighted by atomic mass is 35.5. The van der Waals surface area contributed by atoms with Crippen molar-refractivity contribution in [2.45, 2.75) is 6.54 Å². The summed E-state index contributed by atoms with van der Waals surface area (Å²) in [6, 6.07) is 12.4. The summed E-state index contributed by atoms with van der Waals surface area (Å²) in [5, 5.41) is 17.5. The average Bonchev–Trinajstić information content (AvgIpc) is 3.00. The first-order valence-electron chi connectivity index (χ1n) is 6.94. The van der Waals surface area contributed by atoms with Crippen LogP contribution < -0.4 is 11.1 Å². The molecule has 0 aliphatic rings. The Kier molecular flexibility index (Phi) is 4.35. The summed E-state index contributed by atoms with van der Waals surface area (Å²) >= 11 is 6.27. The van der Waals surface area contributed by atoms with Gasteiger partial charge < -0.3 is 14.8 Å². The van der Waals surface area contributed by atoms with E-state index in [1.807, 2.05) is 24.3 Å². The number of H-pyrrole nitrogens is 1. The Balaban J connectivity index is 1.98. The van der Waals surface area contributed by atoms with Crippen LogP contribution in [0, 0.1) is 0 Å². The molecule has 0 aliphatic carbocycles. The Morgan fingerprint density at radius 1 is 1.25 bits per heavy atom. The van der Waals surface area contributed by atoms with Gasteiger partial charge in [-0.05, 0) is 35.4 Å². The molecular formula is C16H12ClN3O4. The van der Waals surface area contributed by atoms with Gasteiger partial charge in [-0.1, -0.05) is 29.8 Å². The van der Waals surface area contributed by atoms with E-state index in [2.05, 4.69) is 15.5 Å². The van der Waals surface area contributed by atoms with Crippen molar-refractivity contribution in [2.24, 2.45) is 0 Å². The number of amides is 1. The van der Waals surface area contributed by atoms with E-state index in [4.69, 9.17) is 21.1 Å². The molecule has 0 saturated carbocycles. The van der Waals surface area contributed by atoms with Crippen LogP contribution in [0.15, 0.2) is 51.7 Å². The average molecular weight is 346 g/mol. The van der Waals surface area contributed by atoms with Crippen molar-refractivity contribution in [3.05, 3.63) is 63.6 Å². The van der Waals surface area contributed by atoms with Crippen molar-refractivity contribution in [3.63, 3.8) is 0 Å². The zero-order valence-corrected chi connectivity index (χ0v) is 13.0. The second-order valence-electron chi connectivity index (χ2n) is 4.97. The van der Waals surface area contributed by atoms with Gasteiger partial charge >= 0.3 is 11.8 Å². The van der Waals surface area contributed by atoms with Crippen LogP contribution in [0.2, 0.25) is 5.02 Å². The Hall–Kier alpha value is -3.06. The molecule has 1 aromatic heterocycles. The third kappa shape index (κ3) is 3.47. The quantitative estimate of drug-likeness (QED) is 0.673. The molecule has 1 amide bonds. The smallest absolute Gasteiger partial charge is 0.434 e. The highest BCUT2D eigenvalue weighted by molar-refractivity contribution is 6.33. The standard InChI is InChI=1S/C16H12ClN3O4/c17-13-5-4-11(14-19-20-16(23)24-14)7-12(13)10-3-1-2-9(6-10)8-18-15(21)22/h1-7,18H,8H2,(H,20,23)(H,21,22). The summed E-state index contributed by atoms with van der Waals surface area (Å²) < 4.78 is 4.95. The van der Waals surface area contributed by atoms with Gasteiger partial charge in [0.25, 0.3) is 0 Å². The number of nitrogens with one attached hydrogen (secondary N) is 2. The van der Waals surface area contributed by atoms with Gasteiger partial charge in [-0.3, -0.25) is 0 Å². The fourth-order valence-electron chi connectivity index (χ4n) is 2.26. The number of halogens is 1. The predicted molar refractivity (Wildman–Crippen MR) is 87.9 cm³/mol. The van der Waals surface area contributed by atoms with Gasteiger partial charge in [-0.15, -0.1) is 5.10 Å². The van der Waals surface area contributed by atoms with Gasteiger partial charge in [0.1, 0.15) is 0 Å². The molecule has 0 unspecified atom stereocenters. The third-order valence-corrected chi connectivity index (χ3v) is 3.66. The van der Waals surface area contributed by atoms with E-state index >= 15 is 0 Å². The van der Waals surface area contributed by atoms with Crippen LogP contribution in [0.4, 0.5) is 4.79 Å². The van der Waals surface area contributed by atoms with Crippen LogP contribution >= 0.6 is 11.6 Å². The van der Waals surface area contributed by atoms with Crippen LogP contribution in [-0.2, 0) is 6.54 Å². The minimum atomic E-state index is -1.09. The number of hydrogen-bond acceptors (Lipinski definition) is 4. The molecule has 0 atom stereocenters. The first-order chi connectivity index (χ1) is 11.5. The van der Waals surface area contributed by atoms with Crippen LogP contribution in [0.3, 0.4) is 0 Å². The van der Waals surface area contributed by atoms with E-state index in [0.717, 1.165) is 16.7 Å². The number of hydrogen-bond donors (Lipinski definition) is 3. The summed E-state index contributed by atoms with van der Waals surface area (Å²) in [6.45, 7) is 0.189. The minimum absolute atomic E-state index is 0.168. The molecule has 2 aromatic carbocycles. The lowest BCUT2D eigenvalue weighted by molar-refractivity contribution is 0.194. The third-order valence-electron chi connectivity index (χ3n) is 3.33. The molecule has 3 rings (SSSR count). The Morgan fingerprint density at radius 2 is 2.08 bits per heavy atom. The maximum Gasteiger partial charge on any atom is 0.434 e. The molecule has 0 fully saturated rings. The molecule has 8 heteroatoms. The Bertz CT molecular complexity index is 948. The molecule has 1 heterocycles. The van der Waals surface area contributed by atoms with Gasteiger partial charge in [0.15, 0.2) is 0 Å². The molecule has 0 bridgehead atoms. The van der Waals surface area contributed by atoms with E-state index in [0.29, 0.717) is 10.6 Å². The van der Waals surface area contributed by atoms with Gasteiger partial charge in [-0.25, -0.2) is 14.7 Å². The number of carboxylic acid groups (broad SMARTS) is 1. The highest BCUT2D eigenvalue weighted by Crippen LogP contribution is 2.32. The van der Waals surface area contributed by atoms with Crippen LogP contribution in [0.5, 0.6) is 0 Å². The number of benzene rings is 2. The maximum atomic E-state index is 11.1. The van der Waals surface area contributed by atoms with E-state index < -0.39 is 11.8 Å². The SMILES string of the molecule is O=C(O)NCc1cccc(-c2cc(-c3n[nH]c(=O)o3)ccc2Cl)c1. The van der Waals surface area contributed by atoms with Crippen molar-refractivity contribution in [1.82, 2.24) is 15.5 Å². The summed E-state index contributed by atoms with van der Waals surface area (Å²) in [5.74, 6) is -0.468. The van der Waals surface area contributed by atoms with Crippen LogP contribution in [0.1, 0.15) is 5.56 Å². The predicted octanol–water partition coefficient (Wildman–Crippen LogP) is 3.12. The first kappa shape index (κ1) is 15.8. The second-order valence-corrected chi connectivity index (χ2v) is 5.38. The summed E-state index contributed by atoms with van der Waals surface area (Å²) in [6.07, 6.45) is -1.09. The van der Waals surface area contributed by atoms with E-state index in [1.54, 1.807) is 18.2 Å². The normalized spacial score (nSPS) is 10.5. The van der Waals surface area contributed by atoms with Crippen LogP contribution in [-0.4, -0.2) is 21.4 Å². The molecule has 0 spiro atoms. The summed E-state index contributed by atoms with van der Waals surface area (Å²) in [4.78, 5) is 21.7. The van der Waals surface area contributed by atoms with Gasteiger partial charge in [0.2, 0.25) is 5.89 Å². The lowest BCUT2D eigenvalue weighted by atomic mass is 10.0. The minimum Gasteiger partial charge on any atom is -0.465 e. The monoisotopic (exact) mass is 345 g/mol. The molecule has 0 aliphatic heterocycles. The fourth-order valence-corrected chi connectivity index (χ4v) is 2.49. The number of aromatic nitrogens is 2. The molecule has 24 heavy (non-hydrogen) atoms. The second kappa shape index (κ2) is 6.59. The molecule has 0 radical (unpaired) electrons. The highest BCUT2D eigenvalue weighted by Gasteiger charge is 2.11. The zero-order chi connectivity index (χ0) is 17.1. The van der Waals surface area contributed by atoms with Crippen molar-refractivity contribution in [1.29, 1.82) is 0 Å². The molecule has 7 nitrogen and oxygen atoms in total. The molecule has 122 valence electrons. The van der Waals surface area contributed by atoms with Crippen molar-refractivity contribution in [2.75, 3.05) is 0 Å². The van der Waals surface area contributed by atoms with Gasteiger partial charge in [0.05, 0.1) is 0 Å². The van der Waals surface area contributed by atoms with Crippen molar-refractivity contribution < 1.29 is 14.3 Å². The number of aromatic amines is 1. The van der Waals surface area contributed by atoms with Crippen molar-refractivity contribution in [3.8, 4) is 22.6 Å². The topological polar surface area (TPSA) is 108 Å². The first-order valence-corrected chi connectivity index (χ1v) is 7.32. The van der Waals surface area contributed by atoms with E-state index in [-0.39, 0.29) is 12.4 Å². The van der Waals surface area contributed by atoms with E-state index in [9.17, 15) is 9.59 Å². The van der Waals surface area contributed by atoms with Crippen LogP contribution in [0.25, 0.3) is 22.6 Å². The van der Waals surface area contributed by atoms with Crippen molar-refractivity contribution >= 4 is 17.7 Å². The Labute approximate surface area is 140 Å². The lowest BCUT2D eigenvalue weighted by Crippen LogP contribution is -2.19. The fraction of sp³-hybridized carbons (Fsp3) is 0.0625. The summed E-state index contributed by atoms with van der Waals surface area (Å²) in [5.41, 5.74) is 2.92. The Morgan fingerprint density at radius 3 is 2.79 bits per heavy atom. The molecule has 0 saturated heterocycles. The van der Waals surface area contributed by atoms with Gasteiger partial charge in [-0.2, -0.15) is 0 Å². The number of carbonyl (C=O) groups is 1. The zero-order valence-electron chi connectivity index (χ0n) is 12.2. The maximum absolute atomic E-state index is 11.1. The number of nitrogens with zero attached hydrogens (tertiary/aromatic N) is 1. The van der Waals surface area contributed by atoms with E-state index in [1.165, 1.54) is 0 Å². The molecule has 3 N–H and O–H groups in total. The molecule has 3 aromatic rings. The van der Waals surface area contributed by atoms with Gasteiger partial charge in [0, 0.05) is 22.7 Å². The lowest BCUT2D eigenvalue weighted by Gasteiger charge is -2.09.